The Morgan fingerprint density at radius 3 is 1.90 bits per heavy atom. The molecule has 0 amide bonds. The van der Waals surface area contributed by atoms with Crippen LogP contribution in [-0.4, -0.2) is 0 Å². The first-order chi connectivity index (χ1) is 24.3. The molecular formula is C46H29NOS. The second-order valence-corrected chi connectivity index (χ2v) is 13.5. The first kappa shape index (κ1) is 27.9. The van der Waals surface area contributed by atoms with Crippen molar-refractivity contribution in [3.8, 4) is 22.3 Å². The number of benzene rings is 8. The summed E-state index contributed by atoms with van der Waals surface area (Å²) in [5, 5.41) is 7.07. The highest BCUT2D eigenvalue weighted by Crippen LogP contribution is 2.50. The molecule has 0 unspecified atom stereocenters. The Hall–Kier alpha value is -6.16. The van der Waals surface area contributed by atoms with E-state index in [1.165, 1.54) is 42.2 Å². The van der Waals surface area contributed by atoms with E-state index in [0.717, 1.165) is 50.0 Å². The Balaban J connectivity index is 1.30. The zero-order chi connectivity index (χ0) is 32.3. The van der Waals surface area contributed by atoms with E-state index in [2.05, 4.69) is 181 Å². The standard InChI is InChI=1S/C46H29NOS/c1-3-12-30(13-4-1)31-22-25-34(26-23-31)47(41-20-11-19-38-37-18-9-10-21-42(37)49-46(38)41)40-29-28-35(32-14-5-2-6-15-32)43-39-27-24-33-16-7-8-17-36(33)44(39)48-45(40)43/h1-29H. The minimum absolute atomic E-state index is 0.873. The molecule has 0 aliphatic heterocycles. The molecule has 0 saturated heterocycles. The number of thiophene rings is 1. The van der Waals surface area contributed by atoms with Crippen molar-refractivity contribution in [3.05, 3.63) is 176 Å². The molecule has 0 spiro atoms. The van der Waals surface area contributed by atoms with Gasteiger partial charge in [-0.25, -0.2) is 0 Å². The molecule has 2 heterocycles. The number of furan rings is 1. The minimum Gasteiger partial charge on any atom is -0.453 e. The molecule has 49 heavy (non-hydrogen) atoms. The van der Waals surface area contributed by atoms with Crippen LogP contribution in [0.2, 0.25) is 0 Å². The highest BCUT2D eigenvalue weighted by molar-refractivity contribution is 7.26. The van der Waals surface area contributed by atoms with Crippen LogP contribution < -0.4 is 4.90 Å². The number of anilines is 3. The number of hydrogen-bond donors (Lipinski definition) is 0. The molecule has 0 bridgehead atoms. The van der Waals surface area contributed by atoms with Crippen LogP contribution in [0.15, 0.2) is 180 Å². The van der Waals surface area contributed by atoms with Crippen LogP contribution in [0.3, 0.4) is 0 Å². The smallest absolute Gasteiger partial charge is 0.160 e. The number of rotatable bonds is 5. The van der Waals surface area contributed by atoms with Gasteiger partial charge in [0.1, 0.15) is 5.58 Å². The summed E-state index contributed by atoms with van der Waals surface area (Å²) in [7, 11) is 0. The van der Waals surface area contributed by atoms with Crippen LogP contribution in [0.5, 0.6) is 0 Å². The third-order valence-corrected chi connectivity index (χ3v) is 10.9. The van der Waals surface area contributed by atoms with E-state index in [-0.39, 0.29) is 0 Å². The van der Waals surface area contributed by atoms with Gasteiger partial charge in [0.05, 0.1) is 16.1 Å². The monoisotopic (exact) mass is 643 g/mol. The molecule has 0 radical (unpaired) electrons. The van der Waals surface area contributed by atoms with Crippen LogP contribution in [0.4, 0.5) is 17.1 Å². The Labute approximate surface area is 287 Å². The summed E-state index contributed by atoms with van der Waals surface area (Å²) in [4.78, 5) is 2.40. The summed E-state index contributed by atoms with van der Waals surface area (Å²) >= 11 is 1.85. The maximum Gasteiger partial charge on any atom is 0.160 e. The van der Waals surface area contributed by atoms with Crippen LogP contribution in [0.1, 0.15) is 0 Å². The average Bonchev–Trinajstić information content (AvgIpc) is 3.76. The lowest BCUT2D eigenvalue weighted by atomic mass is 9.97. The largest absolute Gasteiger partial charge is 0.453 e. The molecule has 0 aliphatic carbocycles. The van der Waals surface area contributed by atoms with Crippen molar-refractivity contribution in [2.45, 2.75) is 0 Å². The summed E-state index contributed by atoms with van der Waals surface area (Å²) in [6, 6.07) is 63.0. The molecule has 10 rings (SSSR count). The van der Waals surface area contributed by atoms with E-state index in [1.54, 1.807) is 0 Å². The highest BCUT2D eigenvalue weighted by Gasteiger charge is 2.25. The predicted octanol–water partition coefficient (Wildman–Crippen LogP) is 13.9. The molecule has 2 nitrogen and oxygen atoms in total. The fourth-order valence-corrected chi connectivity index (χ4v) is 8.58. The van der Waals surface area contributed by atoms with Gasteiger partial charge in [-0.1, -0.05) is 140 Å². The zero-order valence-corrected chi connectivity index (χ0v) is 27.3. The molecule has 3 heteroatoms. The van der Waals surface area contributed by atoms with Crippen LogP contribution >= 0.6 is 11.3 Å². The fourth-order valence-electron chi connectivity index (χ4n) is 7.38. The summed E-state index contributed by atoms with van der Waals surface area (Å²) in [6.45, 7) is 0. The quantitative estimate of drug-likeness (QED) is 0.186. The number of nitrogens with zero attached hydrogens (tertiary/aromatic N) is 1. The van der Waals surface area contributed by atoms with Gasteiger partial charge in [-0.2, -0.15) is 0 Å². The predicted molar refractivity (Wildman–Crippen MR) is 210 cm³/mol. The van der Waals surface area contributed by atoms with Gasteiger partial charge >= 0.3 is 0 Å². The van der Waals surface area contributed by atoms with E-state index in [9.17, 15) is 0 Å². The molecule has 8 aromatic carbocycles. The van der Waals surface area contributed by atoms with Gasteiger partial charge in [-0.15, -0.1) is 11.3 Å². The SMILES string of the molecule is c1ccc(-c2ccc(N(c3ccc(-c4ccccc4)c4c3oc3c5ccccc5ccc34)c3cccc4c3sc3ccccc34)cc2)cc1. The number of fused-ring (bicyclic) bond motifs is 8. The lowest BCUT2D eigenvalue weighted by Gasteiger charge is -2.27. The Morgan fingerprint density at radius 2 is 1.08 bits per heavy atom. The maximum atomic E-state index is 7.11. The third kappa shape index (κ3) is 4.47. The topological polar surface area (TPSA) is 16.4 Å². The molecule has 0 N–H and O–H groups in total. The molecule has 230 valence electrons. The van der Waals surface area contributed by atoms with Gasteiger partial charge in [0.25, 0.3) is 0 Å². The van der Waals surface area contributed by atoms with Crippen molar-refractivity contribution >= 4 is 81.3 Å². The van der Waals surface area contributed by atoms with Gasteiger partial charge in [0, 0.05) is 37.3 Å². The van der Waals surface area contributed by atoms with Crippen molar-refractivity contribution < 1.29 is 4.42 Å². The molecule has 0 saturated carbocycles. The normalized spacial score (nSPS) is 11.7. The van der Waals surface area contributed by atoms with E-state index in [1.807, 2.05) is 11.3 Å². The zero-order valence-electron chi connectivity index (χ0n) is 26.5. The van der Waals surface area contributed by atoms with E-state index >= 15 is 0 Å². The van der Waals surface area contributed by atoms with E-state index < -0.39 is 0 Å². The fraction of sp³-hybridized carbons (Fsp3) is 0. The first-order valence-electron chi connectivity index (χ1n) is 16.6. The van der Waals surface area contributed by atoms with Gasteiger partial charge in [0.15, 0.2) is 5.58 Å². The lowest BCUT2D eigenvalue weighted by Crippen LogP contribution is -2.10. The van der Waals surface area contributed by atoms with Crippen molar-refractivity contribution in [2.75, 3.05) is 4.90 Å². The van der Waals surface area contributed by atoms with Crippen molar-refractivity contribution in [2.24, 2.45) is 0 Å². The molecule has 2 aromatic heterocycles. The van der Waals surface area contributed by atoms with Gasteiger partial charge in [-0.05, 0) is 64.0 Å². The van der Waals surface area contributed by atoms with Gasteiger partial charge < -0.3 is 9.32 Å². The Kier molecular flexibility index (Phi) is 6.39. The van der Waals surface area contributed by atoms with Gasteiger partial charge in [0.2, 0.25) is 0 Å². The van der Waals surface area contributed by atoms with Crippen LogP contribution in [0.25, 0.3) is 75.1 Å². The Morgan fingerprint density at radius 1 is 0.408 bits per heavy atom. The molecule has 10 aromatic rings. The second-order valence-electron chi connectivity index (χ2n) is 12.5. The van der Waals surface area contributed by atoms with Crippen molar-refractivity contribution in [3.63, 3.8) is 0 Å². The Bertz CT molecular complexity index is 2810. The van der Waals surface area contributed by atoms with Crippen LogP contribution in [-0.2, 0) is 0 Å². The lowest BCUT2D eigenvalue weighted by molar-refractivity contribution is 0.673. The van der Waals surface area contributed by atoms with Crippen molar-refractivity contribution in [1.82, 2.24) is 0 Å². The summed E-state index contributed by atoms with van der Waals surface area (Å²) in [6.07, 6.45) is 0. The molecule has 0 fully saturated rings. The second kappa shape index (κ2) is 11.2. The molecule has 0 aliphatic rings. The average molecular weight is 644 g/mol. The highest BCUT2D eigenvalue weighted by atomic mass is 32.1. The molecule has 0 atom stereocenters. The third-order valence-electron chi connectivity index (χ3n) is 9.67. The maximum absolute atomic E-state index is 7.11. The van der Waals surface area contributed by atoms with E-state index in [0.29, 0.717) is 0 Å². The van der Waals surface area contributed by atoms with Crippen LogP contribution in [0, 0.1) is 0 Å². The van der Waals surface area contributed by atoms with Gasteiger partial charge in [-0.3, -0.25) is 0 Å². The summed E-state index contributed by atoms with van der Waals surface area (Å²) in [5.74, 6) is 0. The summed E-state index contributed by atoms with van der Waals surface area (Å²) in [5.41, 5.74) is 9.71. The number of hydrogen-bond acceptors (Lipinski definition) is 3. The van der Waals surface area contributed by atoms with E-state index in [4.69, 9.17) is 4.42 Å². The van der Waals surface area contributed by atoms with Crippen molar-refractivity contribution in [1.29, 1.82) is 0 Å². The molecular weight excluding hydrogens is 615 g/mol. The first-order valence-corrected chi connectivity index (χ1v) is 17.4. The summed E-state index contributed by atoms with van der Waals surface area (Å²) < 4.78 is 9.64. The minimum atomic E-state index is 0.873.